The summed E-state index contributed by atoms with van der Waals surface area (Å²) in [4.78, 5) is 26.6. The Bertz CT molecular complexity index is 1580. The van der Waals surface area contributed by atoms with Gasteiger partial charge in [0.2, 0.25) is 0 Å². The molecule has 0 amide bonds. The normalized spacial score (nSPS) is 52.6. The topological polar surface area (TPSA) is 250 Å². The molecule has 4 aliphatic carbocycles. The summed E-state index contributed by atoms with van der Waals surface area (Å²) >= 11 is 0. The fourth-order valence-corrected chi connectivity index (χ4v) is 12.7. The molecular formula is C42H64O17. The van der Waals surface area contributed by atoms with Crippen molar-refractivity contribution < 1.29 is 83.2 Å². The van der Waals surface area contributed by atoms with Crippen LogP contribution in [0.25, 0.3) is 0 Å². The molecule has 21 atom stereocenters. The summed E-state index contributed by atoms with van der Waals surface area (Å²) in [6, 6.07) is 0. The van der Waals surface area contributed by atoms with Gasteiger partial charge in [-0.05, 0) is 93.5 Å². The van der Waals surface area contributed by atoms with Gasteiger partial charge in [0.15, 0.2) is 18.9 Å². The molecule has 0 radical (unpaired) electrons. The molecule has 3 saturated heterocycles. The summed E-state index contributed by atoms with van der Waals surface area (Å²) in [6.07, 6.45) is -7.97. The summed E-state index contributed by atoms with van der Waals surface area (Å²) in [5.41, 5.74) is 0.201. The molecule has 7 N–H and O–H groups in total. The highest BCUT2D eigenvalue weighted by Gasteiger charge is 2.68. The lowest BCUT2D eigenvalue weighted by molar-refractivity contribution is -0.355. The zero-order chi connectivity index (χ0) is 42.2. The quantitative estimate of drug-likeness (QED) is 0.113. The first kappa shape index (κ1) is 43.9. The molecule has 2 bridgehead atoms. The Hall–Kier alpha value is -1.68. The van der Waals surface area contributed by atoms with Gasteiger partial charge in [0.25, 0.3) is 0 Å². The maximum Gasteiger partial charge on any atom is 0.331 e. The minimum Gasteiger partial charge on any atom is -0.458 e. The van der Waals surface area contributed by atoms with E-state index in [2.05, 4.69) is 13.8 Å². The Balaban J connectivity index is 0.863. The minimum atomic E-state index is -1.71. The maximum absolute atomic E-state index is 14.6. The molecule has 17 heteroatoms. The van der Waals surface area contributed by atoms with Crippen LogP contribution in [-0.2, 0) is 47.5 Å². The first-order chi connectivity index (χ1) is 28.0. The van der Waals surface area contributed by atoms with Gasteiger partial charge >= 0.3 is 5.97 Å². The van der Waals surface area contributed by atoms with Crippen molar-refractivity contribution in [3.05, 3.63) is 11.6 Å². The number of esters is 1. The van der Waals surface area contributed by atoms with Crippen molar-refractivity contribution >= 4 is 11.8 Å². The number of methoxy groups -OCH3 is 1. The smallest absolute Gasteiger partial charge is 0.331 e. The molecule has 0 aromatic heterocycles. The second-order valence-electron chi connectivity index (χ2n) is 19.1. The summed E-state index contributed by atoms with van der Waals surface area (Å²) in [5, 5.41) is 72.4. The standard InChI is InChI=1S/C42H64O17/c1-19-36(59-38-35(50)33(48)31(46)26(58-38)18-54-37-34(49)32(47)30(45)25(16-43)57-37)24(52-4)15-29(55-19)56-22-6-9-40(2)21(14-22)5-11-42-12-7-23(20-13-28(44)53-17-20)41(3,39(42)51)10-8-27(40)42/h13,19,21-27,29-38,43,45-50H,5-12,14-18H2,1-4H3/t19-,21-,22+,23-,24-,25-,26-,27-,29+,30-,31-,32+,33+,34-,35-,36+,37-,38+,40+,41-,42+/m1/s1. The van der Waals surface area contributed by atoms with Gasteiger partial charge in [0.1, 0.15) is 67.3 Å². The van der Waals surface area contributed by atoms with Crippen LogP contribution >= 0.6 is 0 Å². The van der Waals surface area contributed by atoms with Crippen molar-refractivity contribution in [3.63, 3.8) is 0 Å². The SMILES string of the molecule is CO[C@@H]1C[C@H](O[C@H]2CC[C@@]3(C)[C@H](CC[C@]45CC[C@H](C6=CC(=O)OC6)[C@@](C)(CC[C@@H]43)C5=O)C2)O[C@H](C)[C@@H]1O[C@@H]1O[C@H](CO[C@@H]2O[C@H](CO)[C@@H](O)[C@H](O)[C@H]2O)[C@@H](O)[C@H](O)[C@H]1O. The third-order valence-corrected chi connectivity index (χ3v) is 16.1. The van der Waals surface area contributed by atoms with E-state index in [4.69, 9.17) is 37.9 Å². The largest absolute Gasteiger partial charge is 0.458 e. The van der Waals surface area contributed by atoms with E-state index in [0.717, 1.165) is 63.4 Å². The van der Waals surface area contributed by atoms with Gasteiger partial charge in [-0.3, -0.25) is 4.79 Å². The third-order valence-electron chi connectivity index (χ3n) is 16.1. The predicted octanol–water partition coefficient (Wildman–Crippen LogP) is -0.00400. The Kier molecular flexibility index (Phi) is 12.5. The number of ether oxygens (including phenoxy) is 8. The van der Waals surface area contributed by atoms with Crippen LogP contribution in [0.3, 0.4) is 0 Å². The first-order valence-corrected chi connectivity index (χ1v) is 21.6. The average molecular weight is 841 g/mol. The predicted molar refractivity (Wildman–Crippen MR) is 201 cm³/mol. The van der Waals surface area contributed by atoms with Gasteiger partial charge in [0.05, 0.1) is 31.5 Å². The fraction of sp³-hybridized carbons (Fsp3) is 0.905. The van der Waals surface area contributed by atoms with Gasteiger partial charge in [-0.1, -0.05) is 13.8 Å². The van der Waals surface area contributed by atoms with Crippen LogP contribution in [0.1, 0.15) is 85.0 Å². The van der Waals surface area contributed by atoms with Crippen molar-refractivity contribution in [3.8, 4) is 0 Å². The molecule has 1 spiro atoms. The minimum absolute atomic E-state index is 0.0130. The van der Waals surface area contributed by atoms with E-state index in [1.165, 1.54) is 7.11 Å². The van der Waals surface area contributed by atoms with Crippen molar-refractivity contribution in [1.82, 2.24) is 0 Å². The molecule has 59 heavy (non-hydrogen) atoms. The van der Waals surface area contributed by atoms with Crippen LogP contribution in [-0.4, -0.2) is 167 Å². The molecule has 8 rings (SSSR count). The van der Waals surface area contributed by atoms with E-state index in [0.29, 0.717) is 30.6 Å². The van der Waals surface area contributed by atoms with Crippen molar-refractivity contribution in [1.29, 1.82) is 0 Å². The first-order valence-electron chi connectivity index (χ1n) is 21.6. The van der Waals surface area contributed by atoms with E-state index in [1.807, 2.05) is 0 Å². The highest BCUT2D eigenvalue weighted by Crippen LogP contribution is 2.70. The molecule has 7 fully saturated rings. The third kappa shape index (κ3) is 7.55. The fourth-order valence-electron chi connectivity index (χ4n) is 12.7. The van der Waals surface area contributed by atoms with Crippen LogP contribution in [0.4, 0.5) is 0 Å². The van der Waals surface area contributed by atoms with E-state index in [9.17, 15) is 45.3 Å². The molecule has 4 aliphatic heterocycles. The molecule has 0 aromatic carbocycles. The molecule has 0 aromatic rings. The Morgan fingerprint density at radius 3 is 2.17 bits per heavy atom. The summed E-state index contributed by atoms with van der Waals surface area (Å²) in [6.45, 7) is 5.49. The zero-order valence-electron chi connectivity index (χ0n) is 34.4. The van der Waals surface area contributed by atoms with Crippen molar-refractivity contribution in [2.45, 2.75) is 177 Å². The number of Topliss-reactive ketones (excluding diaryl/α,β-unsaturated/α-hetero) is 1. The molecule has 8 aliphatic rings. The van der Waals surface area contributed by atoms with Crippen LogP contribution in [0.5, 0.6) is 0 Å². The second kappa shape index (κ2) is 16.8. The number of hydrogen-bond donors (Lipinski definition) is 7. The number of cyclic esters (lactones) is 1. The molecule has 0 unspecified atom stereocenters. The number of fused-ring (bicyclic) bond motifs is 3. The van der Waals surface area contributed by atoms with Crippen molar-refractivity contribution in [2.75, 3.05) is 26.9 Å². The second-order valence-corrected chi connectivity index (χ2v) is 19.1. The highest BCUT2D eigenvalue weighted by molar-refractivity contribution is 5.93. The lowest BCUT2D eigenvalue weighted by Gasteiger charge is -2.66. The Morgan fingerprint density at radius 1 is 0.780 bits per heavy atom. The zero-order valence-corrected chi connectivity index (χ0v) is 34.4. The number of aliphatic hydroxyl groups excluding tert-OH is 7. The van der Waals surface area contributed by atoms with Gasteiger partial charge in [-0.2, -0.15) is 0 Å². The highest BCUT2D eigenvalue weighted by atomic mass is 16.8. The maximum atomic E-state index is 14.6. The molecule has 4 saturated carbocycles. The average Bonchev–Trinajstić information content (AvgIpc) is 3.64. The number of ketones is 1. The lowest BCUT2D eigenvalue weighted by atomic mass is 9.37. The Labute approximate surface area is 344 Å². The lowest BCUT2D eigenvalue weighted by Crippen LogP contribution is -2.64. The molecule has 334 valence electrons. The van der Waals surface area contributed by atoms with E-state index in [-0.39, 0.29) is 28.8 Å². The van der Waals surface area contributed by atoms with Crippen molar-refractivity contribution in [2.24, 2.45) is 34.0 Å². The molecular weight excluding hydrogens is 776 g/mol. The van der Waals surface area contributed by atoms with Gasteiger partial charge in [-0.15, -0.1) is 0 Å². The Morgan fingerprint density at radius 2 is 1.47 bits per heavy atom. The van der Waals surface area contributed by atoms with E-state index in [1.54, 1.807) is 13.0 Å². The van der Waals surface area contributed by atoms with Crippen LogP contribution < -0.4 is 0 Å². The van der Waals surface area contributed by atoms with E-state index >= 15 is 0 Å². The molecule has 4 heterocycles. The van der Waals surface area contributed by atoms with Gasteiger partial charge in [-0.25, -0.2) is 4.79 Å². The van der Waals surface area contributed by atoms with Crippen LogP contribution in [0.15, 0.2) is 11.6 Å². The number of rotatable bonds is 10. The summed E-state index contributed by atoms with van der Waals surface area (Å²) in [7, 11) is 1.54. The van der Waals surface area contributed by atoms with Crippen LogP contribution in [0, 0.1) is 34.0 Å². The van der Waals surface area contributed by atoms with Gasteiger partial charge < -0.3 is 73.6 Å². The monoisotopic (exact) mass is 840 g/mol. The number of carbonyl (C=O) groups is 2. The summed E-state index contributed by atoms with van der Waals surface area (Å²) in [5.74, 6) is 0.866. The summed E-state index contributed by atoms with van der Waals surface area (Å²) < 4.78 is 47.2. The van der Waals surface area contributed by atoms with Gasteiger partial charge in [0, 0.05) is 30.4 Å². The number of carbonyl (C=O) groups excluding carboxylic acids is 2. The number of hydrogen-bond acceptors (Lipinski definition) is 17. The molecule has 17 nitrogen and oxygen atoms in total. The van der Waals surface area contributed by atoms with Crippen LogP contribution in [0.2, 0.25) is 0 Å². The van der Waals surface area contributed by atoms with E-state index < -0.39 is 105 Å². The number of aliphatic hydroxyl groups is 7.